The SMILES string of the molecule is Cc1ccc(O)c(C2CCC2)c1. The van der Waals surface area contributed by atoms with E-state index in [-0.39, 0.29) is 0 Å². The number of hydrogen-bond acceptors (Lipinski definition) is 1. The summed E-state index contributed by atoms with van der Waals surface area (Å²) in [5, 5.41) is 9.57. The lowest BCUT2D eigenvalue weighted by Crippen LogP contribution is -2.08. The second-order valence-corrected chi connectivity index (χ2v) is 3.69. The smallest absolute Gasteiger partial charge is 0.119 e. The highest BCUT2D eigenvalue weighted by Crippen LogP contribution is 2.40. The Balaban J connectivity index is 2.34. The van der Waals surface area contributed by atoms with Crippen LogP contribution >= 0.6 is 0 Å². The number of phenolic OH excluding ortho intramolecular Hbond substituents is 1. The Labute approximate surface area is 73.0 Å². The summed E-state index contributed by atoms with van der Waals surface area (Å²) in [6.07, 6.45) is 3.81. The maximum atomic E-state index is 9.57. The summed E-state index contributed by atoms with van der Waals surface area (Å²) < 4.78 is 0. The van der Waals surface area contributed by atoms with Crippen molar-refractivity contribution in [2.75, 3.05) is 0 Å². The Kier molecular flexibility index (Phi) is 1.80. The van der Waals surface area contributed by atoms with Gasteiger partial charge in [0.2, 0.25) is 0 Å². The average molecular weight is 162 g/mol. The lowest BCUT2D eigenvalue weighted by molar-refractivity contribution is 0.393. The molecular formula is C11H14O. The topological polar surface area (TPSA) is 20.2 Å². The molecule has 1 fully saturated rings. The van der Waals surface area contributed by atoms with E-state index >= 15 is 0 Å². The highest BCUT2D eigenvalue weighted by molar-refractivity contribution is 5.39. The van der Waals surface area contributed by atoms with Gasteiger partial charge in [-0.05, 0) is 37.3 Å². The van der Waals surface area contributed by atoms with Gasteiger partial charge in [-0.15, -0.1) is 0 Å². The van der Waals surface area contributed by atoms with Crippen molar-refractivity contribution in [3.63, 3.8) is 0 Å². The number of rotatable bonds is 1. The van der Waals surface area contributed by atoms with E-state index < -0.39 is 0 Å². The zero-order valence-electron chi connectivity index (χ0n) is 7.38. The van der Waals surface area contributed by atoms with Crippen molar-refractivity contribution in [2.24, 2.45) is 0 Å². The predicted molar refractivity (Wildman–Crippen MR) is 49.4 cm³/mol. The molecule has 0 heterocycles. The van der Waals surface area contributed by atoms with Crippen LogP contribution in [0.5, 0.6) is 5.75 Å². The number of aryl methyl sites for hydroxylation is 1. The van der Waals surface area contributed by atoms with Crippen LogP contribution in [0.15, 0.2) is 18.2 Å². The average Bonchev–Trinajstić information content (AvgIpc) is 1.93. The van der Waals surface area contributed by atoms with Gasteiger partial charge in [0.25, 0.3) is 0 Å². The maximum absolute atomic E-state index is 9.57. The highest BCUT2D eigenvalue weighted by atomic mass is 16.3. The van der Waals surface area contributed by atoms with Gasteiger partial charge in [0.05, 0.1) is 0 Å². The van der Waals surface area contributed by atoms with Gasteiger partial charge in [-0.25, -0.2) is 0 Å². The van der Waals surface area contributed by atoms with Crippen molar-refractivity contribution in [3.8, 4) is 5.75 Å². The maximum Gasteiger partial charge on any atom is 0.119 e. The van der Waals surface area contributed by atoms with E-state index in [1.165, 1.54) is 24.8 Å². The van der Waals surface area contributed by atoms with E-state index in [1.54, 1.807) is 0 Å². The standard InChI is InChI=1S/C11H14O/c1-8-5-6-11(12)10(7-8)9-3-2-4-9/h5-7,9,12H,2-4H2,1H3. The van der Waals surface area contributed by atoms with Crippen LogP contribution in [0, 0.1) is 6.92 Å². The molecule has 1 aliphatic rings. The number of aromatic hydroxyl groups is 1. The van der Waals surface area contributed by atoms with E-state index in [4.69, 9.17) is 0 Å². The molecule has 0 aliphatic heterocycles. The van der Waals surface area contributed by atoms with Gasteiger partial charge in [-0.2, -0.15) is 0 Å². The van der Waals surface area contributed by atoms with Crippen molar-refractivity contribution in [1.82, 2.24) is 0 Å². The van der Waals surface area contributed by atoms with Crippen LogP contribution in [0.4, 0.5) is 0 Å². The van der Waals surface area contributed by atoms with Crippen LogP contribution in [0.25, 0.3) is 0 Å². The van der Waals surface area contributed by atoms with Crippen LogP contribution < -0.4 is 0 Å². The number of benzene rings is 1. The third-order valence-electron chi connectivity index (χ3n) is 2.73. The number of phenols is 1. The minimum atomic E-state index is 0.477. The summed E-state index contributed by atoms with van der Waals surface area (Å²) in [7, 11) is 0. The molecule has 0 unspecified atom stereocenters. The first-order valence-electron chi connectivity index (χ1n) is 4.57. The highest BCUT2D eigenvalue weighted by Gasteiger charge is 2.21. The molecule has 1 nitrogen and oxygen atoms in total. The van der Waals surface area contributed by atoms with E-state index in [1.807, 2.05) is 12.1 Å². The molecule has 0 aromatic heterocycles. The Morgan fingerprint density at radius 2 is 2.08 bits per heavy atom. The largest absolute Gasteiger partial charge is 0.508 e. The lowest BCUT2D eigenvalue weighted by Gasteiger charge is -2.26. The molecule has 1 aromatic carbocycles. The van der Waals surface area contributed by atoms with Crippen LogP contribution in [0.1, 0.15) is 36.3 Å². The van der Waals surface area contributed by atoms with Gasteiger partial charge >= 0.3 is 0 Å². The van der Waals surface area contributed by atoms with Crippen LogP contribution in [0.2, 0.25) is 0 Å². The molecule has 2 rings (SSSR count). The Morgan fingerprint density at radius 1 is 1.33 bits per heavy atom. The molecule has 0 bridgehead atoms. The van der Waals surface area contributed by atoms with Crippen molar-refractivity contribution >= 4 is 0 Å². The molecular weight excluding hydrogens is 148 g/mol. The molecule has 0 amide bonds. The summed E-state index contributed by atoms with van der Waals surface area (Å²) in [6, 6.07) is 5.87. The fraction of sp³-hybridized carbons (Fsp3) is 0.455. The first-order chi connectivity index (χ1) is 5.77. The molecule has 0 saturated heterocycles. The normalized spacial score (nSPS) is 17.4. The van der Waals surface area contributed by atoms with Crippen LogP contribution in [-0.4, -0.2) is 5.11 Å². The van der Waals surface area contributed by atoms with Crippen molar-refractivity contribution in [1.29, 1.82) is 0 Å². The molecule has 1 aliphatic carbocycles. The van der Waals surface area contributed by atoms with Gasteiger partial charge in [-0.1, -0.05) is 24.1 Å². The summed E-state index contributed by atoms with van der Waals surface area (Å²) >= 11 is 0. The van der Waals surface area contributed by atoms with Gasteiger partial charge in [0.1, 0.15) is 5.75 Å². The minimum absolute atomic E-state index is 0.477. The predicted octanol–water partition coefficient (Wildman–Crippen LogP) is 2.97. The molecule has 1 aromatic rings. The van der Waals surface area contributed by atoms with Crippen molar-refractivity contribution in [3.05, 3.63) is 29.3 Å². The summed E-state index contributed by atoms with van der Waals surface area (Å²) in [6.45, 7) is 2.07. The van der Waals surface area contributed by atoms with Gasteiger partial charge in [0, 0.05) is 0 Å². The summed E-state index contributed by atoms with van der Waals surface area (Å²) in [5.74, 6) is 1.11. The van der Waals surface area contributed by atoms with Crippen LogP contribution in [-0.2, 0) is 0 Å². The second-order valence-electron chi connectivity index (χ2n) is 3.69. The van der Waals surface area contributed by atoms with Crippen molar-refractivity contribution < 1.29 is 5.11 Å². The minimum Gasteiger partial charge on any atom is -0.508 e. The van der Waals surface area contributed by atoms with E-state index in [0.717, 1.165) is 5.56 Å². The fourth-order valence-corrected chi connectivity index (χ4v) is 1.72. The van der Waals surface area contributed by atoms with Gasteiger partial charge in [-0.3, -0.25) is 0 Å². The molecule has 12 heavy (non-hydrogen) atoms. The molecule has 1 N–H and O–H groups in total. The summed E-state index contributed by atoms with van der Waals surface area (Å²) in [4.78, 5) is 0. The second kappa shape index (κ2) is 2.81. The summed E-state index contributed by atoms with van der Waals surface area (Å²) in [5.41, 5.74) is 2.40. The Hall–Kier alpha value is -0.980. The van der Waals surface area contributed by atoms with E-state index in [0.29, 0.717) is 11.7 Å². The third kappa shape index (κ3) is 1.20. The zero-order valence-corrected chi connectivity index (χ0v) is 7.38. The molecule has 64 valence electrons. The molecule has 1 saturated carbocycles. The van der Waals surface area contributed by atoms with Gasteiger partial charge in [0.15, 0.2) is 0 Å². The third-order valence-corrected chi connectivity index (χ3v) is 2.73. The van der Waals surface area contributed by atoms with Crippen LogP contribution in [0.3, 0.4) is 0 Å². The zero-order chi connectivity index (χ0) is 8.55. The lowest BCUT2D eigenvalue weighted by atomic mass is 9.79. The fourth-order valence-electron chi connectivity index (χ4n) is 1.72. The Morgan fingerprint density at radius 3 is 2.67 bits per heavy atom. The monoisotopic (exact) mass is 162 g/mol. The van der Waals surface area contributed by atoms with Crippen molar-refractivity contribution in [2.45, 2.75) is 32.1 Å². The van der Waals surface area contributed by atoms with E-state index in [9.17, 15) is 5.11 Å². The molecule has 0 radical (unpaired) electrons. The first kappa shape index (κ1) is 7.66. The van der Waals surface area contributed by atoms with E-state index in [2.05, 4.69) is 13.0 Å². The quantitative estimate of drug-likeness (QED) is 0.673. The molecule has 0 spiro atoms. The number of hydrogen-bond donors (Lipinski definition) is 1. The Bertz CT molecular complexity index is 287. The first-order valence-corrected chi connectivity index (χ1v) is 4.57. The molecule has 0 atom stereocenters. The van der Waals surface area contributed by atoms with Gasteiger partial charge < -0.3 is 5.11 Å². The molecule has 1 heteroatoms.